The highest BCUT2D eigenvalue weighted by Gasteiger charge is 2.20. The molecule has 1 aliphatic heterocycles. The third-order valence-electron chi connectivity index (χ3n) is 4.28. The molecule has 0 saturated carbocycles. The average Bonchev–Trinajstić information content (AvgIpc) is 3.40. The van der Waals surface area contributed by atoms with Crippen molar-refractivity contribution in [2.45, 2.75) is 35.2 Å². The van der Waals surface area contributed by atoms with Crippen LogP contribution < -0.4 is 5.32 Å². The minimum Gasteiger partial charge on any atom is -0.467 e. The normalized spacial score (nSPS) is 14.2. The average molecular weight is 436 g/mol. The predicted octanol–water partition coefficient (Wildman–Crippen LogP) is 4.57. The molecule has 1 amide bonds. The van der Waals surface area contributed by atoms with Crippen LogP contribution in [0.25, 0.3) is 0 Å². The number of nitrogens with one attached hydrogen (secondary N) is 1. The molecule has 4 heterocycles. The van der Waals surface area contributed by atoms with Crippen molar-refractivity contribution in [1.82, 2.24) is 20.1 Å². The standard InChI is InChI=1S/C18H18ClN5O2S2/c19-14-9-12(16(25)24-6-2-1-3-7-24)10-20-15(14)27-18-23-22-17(28-18)21-11-13-5-4-8-26-13/h4-5,8-10H,1-3,6-7,11H2,(H,21,22). The first-order valence-corrected chi connectivity index (χ1v) is 10.9. The molecule has 1 N–H and O–H groups in total. The van der Waals surface area contributed by atoms with Crippen LogP contribution in [0.3, 0.4) is 0 Å². The Labute approximate surface area is 175 Å². The lowest BCUT2D eigenvalue weighted by atomic mass is 10.1. The molecule has 0 atom stereocenters. The van der Waals surface area contributed by atoms with E-state index in [-0.39, 0.29) is 5.91 Å². The maximum absolute atomic E-state index is 12.6. The molecule has 0 spiro atoms. The van der Waals surface area contributed by atoms with E-state index in [0.717, 1.165) is 31.7 Å². The van der Waals surface area contributed by atoms with Crippen LogP contribution in [-0.2, 0) is 6.54 Å². The Bertz CT molecular complexity index is 941. The Hall–Kier alpha value is -2.10. The van der Waals surface area contributed by atoms with Crippen LogP contribution in [0.5, 0.6) is 0 Å². The highest BCUT2D eigenvalue weighted by Crippen LogP contribution is 2.35. The second-order valence-corrected chi connectivity index (χ2v) is 8.89. The van der Waals surface area contributed by atoms with Gasteiger partial charge in [0.15, 0.2) is 4.34 Å². The van der Waals surface area contributed by atoms with E-state index in [1.807, 2.05) is 17.0 Å². The number of likely N-dealkylation sites (tertiary alicyclic amines) is 1. The second-order valence-electron chi connectivity index (χ2n) is 6.27. The molecule has 0 unspecified atom stereocenters. The van der Waals surface area contributed by atoms with Gasteiger partial charge in [-0.3, -0.25) is 4.79 Å². The van der Waals surface area contributed by atoms with Crippen molar-refractivity contribution in [3.05, 3.63) is 47.0 Å². The van der Waals surface area contributed by atoms with E-state index in [1.54, 1.807) is 18.5 Å². The quantitative estimate of drug-likeness (QED) is 0.607. The zero-order valence-corrected chi connectivity index (χ0v) is 17.3. The van der Waals surface area contributed by atoms with Crippen LogP contribution in [0.15, 0.2) is 44.4 Å². The number of hydrogen-bond acceptors (Lipinski definition) is 8. The fourth-order valence-corrected chi connectivity index (χ4v) is 4.78. The first-order chi connectivity index (χ1) is 13.7. The van der Waals surface area contributed by atoms with Crippen molar-refractivity contribution >= 4 is 45.7 Å². The summed E-state index contributed by atoms with van der Waals surface area (Å²) in [7, 11) is 0. The Morgan fingerprint density at radius 3 is 2.93 bits per heavy atom. The molecule has 0 aromatic carbocycles. The molecule has 1 fully saturated rings. The summed E-state index contributed by atoms with van der Waals surface area (Å²) in [5.41, 5.74) is 0.523. The molecular weight excluding hydrogens is 418 g/mol. The number of carbonyl (C=O) groups is 1. The smallest absolute Gasteiger partial charge is 0.255 e. The Balaban J connectivity index is 1.39. The summed E-state index contributed by atoms with van der Waals surface area (Å²) in [6, 6.07) is 5.41. The first-order valence-electron chi connectivity index (χ1n) is 8.91. The zero-order valence-electron chi connectivity index (χ0n) is 14.9. The van der Waals surface area contributed by atoms with Crippen molar-refractivity contribution in [3.8, 4) is 0 Å². The van der Waals surface area contributed by atoms with Gasteiger partial charge in [-0.05, 0) is 49.2 Å². The zero-order chi connectivity index (χ0) is 19.3. The Morgan fingerprint density at radius 2 is 2.18 bits per heavy atom. The fraction of sp³-hybridized carbons (Fsp3) is 0.333. The SMILES string of the molecule is O=C(c1cnc(Sc2nnc(NCc3ccco3)s2)c(Cl)c1)N1CCCCC1. The highest BCUT2D eigenvalue weighted by atomic mass is 35.5. The topological polar surface area (TPSA) is 84.1 Å². The maximum atomic E-state index is 12.6. The summed E-state index contributed by atoms with van der Waals surface area (Å²) < 4.78 is 5.99. The minimum absolute atomic E-state index is 0.00835. The lowest BCUT2D eigenvalue weighted by Crippen LogP contribution is -2.35. The predicted molar refractivity (Wildman–Crippen MR) is 109 cm³/mol. The number of rotatable bonds is 6. The van der Waals surface area contributed by atoms with Crippen LogP contribution in [0.4, 0.5) is 5.13 Å². The number of anilines is 1. The number of hydrogen-bond donors (Lipinski definition) is 1. The van der Waals surface area contributed by atoms with Crippen LogP contribution in [0.1, 0.15) is 35.4 Å². The minimum atomic E-state index is -0.00835. The third-order valence-corrected chi connectivity index (χ3v) is 6.63. The summed E-state index contributed by atoms with van der Waals surface area (Å²) in [6.45, 7) is 2.13. The number of furan rings is 1. The fourth-order valence-electron chi connectivity index (χ4n) is 2.88. The number of carbonyl (C=O) groups excluding carboxylic acids is 1. The van der Waals surface area contributed by atoms with Gasteiger partial charge in [-0.2, -0.15) is 0 Å². The summed E-state index contributed by atoms with van der Waals surface area (Å²) in [6.07, 6.45) is 6.49. The van der Waals surface area contributed by atoms with Gasteiger partial charge in [-0.25, -0.2) is 4.98 Å². The number of halogens is 1. The van der Waals surface area contributed by atoms with E-state index in [4.69, 9.17) is 16.0 Å². The lowest BCUT2D eigenvalue weighted by Gasteiger charge is -2.26. The van der Waals surface area contributed by atoms with E-state index in [9.17, 15) is 4.79 Å². The summed E-state index contributed by atoms with van der Waals surface area (Å²) in [5, 5.41) is 13.1. The van der Waals surface area contributed by atoms with Crippen LogP contribution >= 0.6 is 34.7 Å². The summed E-state index contributed by atoms with van der Waals surface area (Å²) in [4.78, 5) is 18.8. The lowest BCUT2D eigenvalue weighted by molar-refractivity contribution is 0.0724. The van der Waals surface area contributed by atoms with Crippen molar-refractivity contribution in [2.24, 2.45) is 0 Å². The largest absolute Gasteiger partial charge is 0.467 e. The van der Waals surface area contributed by atoms with Crippen LogP contribution in [-0.4, -0.2) is 39.1 Å². The Kier molecular flexibility index (Phi) is 6.13. The van der Waals surface area contributed by atoms with E-state index in [1.165, 1.54) is 29.5 Å². The molecule has 10 heteroatoms. The highest BCUT2D eigenvalue weighted by molar-refractivity contribution is 8.01. The Morgan fingerprint density at radius 1 is 1.32 bits per heavy atom. The molecule has 0 aliphatic carbocycles. The van der Waals surface area contributed by atoms with Gasteiger partial charge in [0.2, 0.25) is 5.13 Å². The van der Waals surface area contributed by atoms with Gasteiger partial charge < -0.3 is 14.6 Å². The van der Waals surface area contributed by atoms with Gasteiger partial charge in [0.25, 0.3) is 5.91 Å². The maximum Gasteiger partial charge on any atom is 0.255 e. The second kappa shape index (κ2) is 8.93. The molecule has 28 heavy (non-hydrogen) atoms. The molecule has 3 aromatic rings. The number of aromatic nitrogens is 3. The van der Waals surface area contributed by atoms with Crippen molar-refractivity contribution in [1.29, 1.82) is 0 Å². The molecule has 7 nitrogen and oxygen atoms in total. The summed E-state index contributed by atoms with van der Waals surface area (Å²) in [5.74, 6) is 0.814. The van der Waals surface area contributed by atoms with Gasteiger partial charge in [0.05, 0.1) is 23.4 Å². The van der Waals surface area contributed by atoms with Crippen molar-refractivity contribution in [3.63, 3.8) is 0 Å². The monoisotopic (exact) mass is 435 g/mol. The van der Waals surface area contributed by atoms with Gasteiger partial charge in [0.1, 0.15) is 10.8 Å². The molecule has 0 bridgehead atoms. The van der Waals surface area contributed by atoms with E-state index in [0.29, 0.717) is 31.6 Å². The molecule has 0 radical (unpaired) electrons. The molecule has 1 saturated heterocycles. The number of amides is 1. The van der Waals surface area contributed by atoms with Gasteiger partial charge in [0, 0.05) is 19.3 Å². The van der Waals surface area contributed by atoms with Gasteiger partial charge in [-0.1, -0.05) is 22.9 Å². The molecule has 146 valence electrons. The van der Waals surface area contributed by atoms with E-state index in [2.05, 4.69) is 20.5 Å². The van der Waals surface area contributed by atoms with E-state index < -0.39 is 0 Å². The van der Waals surface area contributed by atoms with Crippen molar-refractivity contribution < 1.29 is 9.21 Å². The molecule has 1 aliphatic rings. The van der Waals surface area contributed by atoms with Crippen LogP contribution in [0.2, 0.25) is 5.02 Å². The van der Waals surface area contributed by atoms with Gasteiger partial charge >= 0.3 is 0 Å². The number of nitrogens with zero attached hydrogens (tertiary/aromatic N) is 4. The van der Waals surface area contributed by atoms with Crippen molar-refractivity contribution in [2.75, 3.05) is 18.4 Å². The molecule has 4 rings (SSSR count). The van der Waals surface area contributed by atoms with E-state index >= 15 is 0 Å². The first kappa shape index (κ1) is 19.2. The van der Waals surface area contributed by atoms with Crippen LogP contribution in [0, 0.1) is 0 Å². The molecular formula is C18H18ClN5O2S2. The summed E-state index contributed by atoms with van der Waals surface area (Å²) >= 11 is 9.11. The number of pyridine rings is 1. The number of piperidine rings is 1. The molecule has 3 aromatic heterocycles. The third kappa shape index (κ3) is 4.65. The van der Waals surface area contributed by atoms with Gasteiger partial charge in [-0.15, -0.1) is 10.2 Å².